The van der Waals surface area contributed by atoms with Gasteiger partial charge in [-0.1, -0.05) is 17.4 Å². The number of ether oxygens (including phenoxy) is 1. The Kier molecular flexibility index (Phi) is 6.45. The molecule has 3 aromatic rings. The molecular formula is C22H24FN3O4S2. The molecule has 0 saturated carbocycles. The number of piperidine rings is 1. The summed E-state index contributed by atoms with van der Waals surface area (Å²) in [5.74, 6) is -0.329. The Labute approximate surface area is 189 Å². The number of benzene rings is 2. The number of amides is 1. The summed E-state index contributed by atoms with van der Waals surface area (Å²) in [6.07, 6.45) is 0.781. The van der Waals surface area contributed by atoms with Crippen molar-refractivity contribution in [3.8, 4) is 5.75 Å². The lowest BCUT2D eigenvalue weighted by molar-refractivity contribution is -0.122. The van der Waals surface area contributed by atoms with Crippen LogP contribution in [0.15, 0.2) is 52.4 Å². The van der Waals surface area contributed by atoms with Crippen molar-refractivity contribution in [1.29, 1.82) is 0 Å². The number of carbonyl (C=O) groups excluding carboxylic acids is 1. The van der Waals surface area contributed by atoms with Gasteiger partial charge in [0.15, 0.2) is 4.80 Å². The molecule has 2 aromatic carbocycles. The number of aryl methyl sites for hydroxylation is 1. The molecule has 2 heterocycles. The van der Waals surface area contributed by atoms with E-state index in [0.717, 1.165) is 28.1 Å². The second-order valence-electron chi connectivity index (χ2n) is 7.56. The van der Waals surface area contributed by atoms with E-state index in [4.69, 9.17) is 4.74 Å². The molecular weight excluding hydrogens is 453 g/mol. The molecule has 170 valence electrons. The Balaban J connectivity index is 1.50. The van der Waals surface area contributed by atoms with E-state index in [0.29, 0.717) is 24.2 Å². The highest BCUT2D eigenvalue weighted by Gasteiger charge is 2.32. The number of fused-ring (bicyclic) bond motifs is 1. The quantitative estimate of drug-likeness (QED) is 0.565. The van der Waals surface area contributed by atoms with Crippen LogP contribution in [-0.2, 0) is 21.9 Å². The molecule has 1 aromatic heterocycles. The summed E-state index contributed by atoms with van der Waals surface area (Å²) in [4.78, 5) is 17.8. The van der Waals surface area contributed by atoms with Crippen LogP contribution in [0, 0.1) is 11.7 Å². The van der Waals surface area contributed by atoms with Crippen molar-refractivity contribution >= 4 is 37.5 Å². The minimum absolute atomic E-state index is 0.0516. The molecule has 0 unspecified atom stereocenters. The van der Waals surface area contributed by atoms with E-state index in [1.54, 1.807) is 0 Å². The summed E-state index contributed by atoms with van der Waals surface area (Å²) in [5, 5.41) is 0. The van der Waals surface area contributed by atoms with Crippen LogP contribution >= 0.6 is 11.3 Å². The number of hydrogen-bond donors (Lipinski definition) is 0. The van der Waals surface area contributed by atoms with Gasteiger partial charge >= 0.3 is 0 Å². The van der Waals surface area contributed by atoms with Gasteiger partial charge in [0.25, 0.3) is 5.91 Å². The van der Waals surface area contributed by atoms with Crippen LogP contribution in [0.5, 0.6) is 5.75 Å². The Morgan fingerprint density at radius 3 is 2.53 bits per heavy atom. The first-order chi connectivity index (χ1) is 15.3. The highest BCUT2D eigenvalue weighted by Crippen LogP contribution is 2.28. The van der Waals surface area contributed by atoms with Gasteiger partial charge in [-0.2, -0.15) is 9.30 Å². The maximum Gasteiger partial charge on any atom is 0.251 e. The first-order valence-electron chi connectivity index (χ1n) is 10.4. The van der Waals surface area contributed by atoms with Crippen molar-refractivity contribution in [1.82, 2.24) is 8.87 Å². The summed E-state index contributed by atoms with van der Waals surface area (Å²) in [7, 11) is -1.86. The van der Waals surface area contributed by atoms with E-state index < -0.39 is 15.8 Å². The van der Waals surface area contributed by atoms with Gasteiger partial charge in [-0.05, 0) is 56.2 Å². The Morgan fingerprint density at radius 1 is 1.19 bits per heavy atom. The van der Waals surface area contributed by atoms with E-state index in [1.807, 2.05) is 36.7 Å². The lowest BCUT2D eigenvalue weighted by Crippen LogP contribution is -2.40. The van der Waals surface area contributed by atoms with Crippen LogP contribution in [0.3, 0.4) is 0 Å². The molecule has 0 atom stereocenters. The molecule has 1 aliphatic rings. The number of hydrogen-bond acceptors (Lipinski definition) is 5. The van der Waals surface area contributed by atoms with Gasteiger partial charge in [-0.3, -0.25) is 4.79 Å². The maximum absolute atomic E-state index is 13.1. The molecule has 32 heavy (non-hydrogen) atoms. The van der Waals surface area contributed by atoms with Crippen LogP contribution in [0.1, 0.15) is 19.8 Å². The van der Waals surface area contributed by atoms with Crippen LogP contribution in [0.25, 0.3) is 10.2 Å². The molecule has 0 N–H and O–H groups in total. The van der Waals surface area contributed by atoms with Crippen molar-refractivity contribution in [3.63, 3.8) is 0 Å². The molecule has 0 spiro atoms. The van der Waals surface area contributed by atoms with E-state index in [9.17, 15) is 17.6 Å². The average Bonchev–Trinajstić information content (AvgIpc) is 3.10. The summed E-state index contributed by atoms with van der Waals surface area (Å²) in [6.45, 7) is 2.90. The van der Waals surface area contributed by atoms with E-state index in [-0.39, 0.29) is 29.8 Å². The first-order valence-corrected chi connectivity index (χ1v) is 12.6. The van der Waals surface area contributed by atoms with Crippen molar-refractivity contribution < 1.29 is 22.3 Å². The van der Waals surface area contributed by atoms with Crippen molar-refractivity contribution in [3.05, 3.63) is 53.1 Å². The topological polar surface area (TPSA) is 81.0 Å². The highest BCUT2D eigenvalue weighted by atomic mass is 32.2. The summed E-state index contributed by atoms with van der Waals surface area (Å²) in [5.41, 5.74) is 0.895. The third kappa shape index (κ3) is 4.35. The molecule has 0 bridgehead atoms. The number of carbonyl (C=O) groups is 1. The first kappa shape index (κ1) is 22.6. The smallest absolute Gasteiger partial charge is 0.251 e. The lowest BCUT2D eigenvalue weighted by Gasteiger charge is -2.29. The predicted octanol–water partition coefficient (Wildman–Crippen LogP) is 3.31. The van der Waals surface area contributed by atoms with E-state index in [1.165, 1.54) is 27.8 Å². The third-order valence-electron chi connectivity index (χ3n) is 5.55. The van der Waals surface area contributed by atoms with Crippen molar-refractivity contribution in [2.45, 2.75) is 24.7 Å². The Bertz CT molecular complexity index is 1310. The second-order valence-corrected chi connectivity index (χ2v) is 10.5. The fourth-order valence-electron chi connectivity index (χ4n) is 3.83. The zero-order chi connectivity index (χ0) is 22.9. The standard InChI is InChI=1S/C22H24FN3O4S2/c1-3-30-18-5-4-6-19-20(18)25(2)22(31-19)24-21(27)15-11-13-26(14-12-15)32(28,29)17-9-7-16(23)8-10-17/h4-10,15H,3,11-14H2,1-2H3. The van der Waals surface area contributed by atoms with Gasteiger partial charge in [-0.15, -0.1) is 0 Å². The van der Waals surface area contributed by atoms with Crippen molar-refractivity contribution in [2.24, 2.45) is 18.0 Å². The highest BCUT2D eigenvalue weighted by molar-refractivity contribution is 7.89. The predicted molar refractivity (Wildman–Crippen MR) is 120 cm³/mol. The molecule has 1 amide bonds. The molecule has 1 fully saturated rings. The number of para-hydroxylation sites is 1. The molecule has 1 aliphatic heterocycles. The summed E-state index contributed by atoms with van der Waals surface area (Å²) in [6, 6.07) is 10.5. The van der Waals surface area contributed by atoms with E-state index in [2.05, 4.69) is 4.99 Å². The number of rotatable bonds is 5. The third-order valence-corrected chi connectivity index (χ3v) is 8.56. The Hall–Kier alpha value is -2.56. The van der Waals surface area contributed by atoms with Crippen molar-refractivity contribution in [2.75, 3.05) is 19.7 Å². The van der Waals surface area contributed by atoms with Crippen LogP contribution in [-0.4, -0.2) is 42.9 Å². The zero-order valence-corrected chi connectivity index (χ0v) is 19.5. The monoisotopic (exact) mass is 477 g/mol. The normalized spacial score (nSPS) is 16.5. The SMILES string of the molecule is CCOc1cccc2sc(=NC(=O)C3CCN(S(=O)(=O)c4ccc(F)cc4)CC3)n(C)c12. The molecule has 10 heteroatoms. The van der Waals surface area contributed by atoms with Gasteiger partial charge in [-0.25, -0.2) is 12.8 Å². The fraction of sp³-hybridized carbons (Fsp3) is 0.364. The summed E-state index contributed by atoms with van der Waals surface area (Å²) >= 11 is 1.42. The summed E-state index contributed by atoms with van der Waals surface area (Å²) < 4.78 is 48.6. The van der Waals surface area contributed by atoms with Gasteiger partial charge in [0.05, 0.1) is 16.2 Å². The van der Waals surface area contributed by atoms with E-state index >= 15 is 0 Å². The average molecular weight is 478 g/mol. The minimum atomic E-state index is -3.71. The van der Waals surface area contributed by atoms with Gasteiger partial charge in [0.1, 0.15) is 17.1 Å². The fourth-order valence-corrected chi connectivity index (χ4v) is 6.34. The number of nitrogens with zero attached hydrogens (tertiary/aromatic N) is 3. The van der Waals surface area contributed by atoms with Crippen LogP contribution in [0.4, 0.5) is 4.39 Å². The molecule has 0 aliphatic carbocycles. The van der Waals surface area contributed by atoms with Crippen LogP contribution in [0.2, 0.25) is 0 Å². The lowest BCUT2D eigenvalue weighted by atomic mass is 9.98. The van der Waals surface area contributed by atoms with Crippen LogP contribution < -0.4 is 9.54 Å². The second kappa shape index (κ2) is 9.13. The molecule has 1 saturated heterocycles. The maximum atomic E-state index is 13.1. The Morgan fingerprint density at radius 2 is 1.88 bits per heavy atom. The number of sulfonamides is 1. The number of thiazole rings is 1. The minimum Gasteiger partial charge on any atom is -0.492 e. The molecule has 7 nitrogen and oxygen atoms in total. The largest absolute Gasteiger partial charge is 0.492 e. The van der Waals surface area contributed by atoms with Gasteiger partial charge in [0.2, 0.25) is 10.0 Å². The molecule has 4 rings (SSSR count). The van der Waals surface area contributed by atoms with Gasteiger partial charge < -0.3 is 9.30 Å². The zero-order valence-electron chi connectivity index (χ0n) is 17.8. The number of aromatic nitrogens is 1. The van der Waals surface area contributed by atoms with Gasteiger partial charge in [0, 0.05) is 26.1 Å². The number of halogens is 1. The molecule has 0 radical (unpaired) electrons.